The SMILES string of the molecule is Cn1c([C@H]2CCN(C#N)C2)c(-c2ccc(C(=O)N3CCC(Cn4c([C@@H]5CCN(C#N)C5)c(-c5ccc(C(=O)N6CCCC6)cc5)c5c(N)ncnc54)C3)cc2)c2c(N)ncnc21. The van der Waals surface area contributed by atoms with Crippen molar-refractivity contribution in [2.45, 2.75) is 50.5 Å². The zero-order valence-corrected chi connectivity index (χ0v) is 34.7. The van der Waals surface area contributed by atoms with E-state index in [-0.39, 0.29) is 29.6 Å². The molecule has 4 fully saturated rings. The average molecular weight is 829 g/mol. The van der Waals surface area contributed by atoms with Crippen LogP contribution in [0.3, 0.4) is 0 Å². The summed E-state index contributed by atoms with van der Waals surface area (Å²) in [7, 11) is 1.98. The lowest BCUT2D eigenvalue weighted by atomic mass is 9.93. The van der Waals surface area contributed by atoms with Gasteiger partial charge in [-0.25, -0.2) is 19.9 Å². The number of nitrogens with two attached hydrogens (primary N) is 2. The van der Waals surface area contributed by atoms with Crippen LogP contribution in [0.4, 0.5) is 11.6 Å². The summed E-state index contributed by atoms with van der Waals surface area (Å²) in [6.45, 7) is 5.88. The first-order chi connectivity index (χ1) is 30.2. The standard InChI is InChI=1S/C46H48N14O2/c1-55-39(33-13-17-56(22-33)24-47)35(37-41(49)51-26-53-43(37)55)29-4-10-32(11-5-29)46(62)59-19-12-28(20-59)21-60-40(34-14-18-57(23-34)25-48)36(38-42(50)52-27-54-44(38)60)30-6-8-31(9-7-30)45(61)58-15-2-3-16-58/h4-11,26-28,33-34H,2-3,12-23H2,1H3,(H2,49,51,53)(H2,50,52,54)/t28?,33-,34+/m0/s1. The number of nitrogen functional groups attached to an aromatic ring is 2. The topological polar surface area (TPSA) is 208 Å². The minimum atomic E-state index is -0.0330. The maximum Gasteiger partial charge on any atom is 0.253 e. The smallest absolute Gasteiger partial charge is 0.253 e. The highest BCUT2D eigenvalue weighted by Gasteiger charge is 2.36. The van der Waals surface area contributed by atoms with Crippen LogP contribution in [0, 0.1) is 28.8 Å². The molecule has 4 aliphatic rings. The summed E-state index contributed by atoms with van der Waals surface area (Å²) in [6, 6.07) is 15.5. The predicted molar refractivity (Wildman–Crippen MR) is 234 cm³/mol. The molecule has 16 heteroatoms. The Bertz CT molecular complexity index is 2810. The number of rotatable bonds is 8. The lowest BCUT2D eigenvalue weighted by Gasteiger charge is -2.21. The molecule has 314 valence electrons. The molecule has 6 aromatic rings. The zero-order valence-electron chi connectivity index (χ0n) is 34.7. The van der Waals surface area contributed by atoms with Crippen LogP contribution in [0.25, 0.3) is 44.3 Å². The van der Waals surface area contributed by atoms with E-state index in [1.54, 1.807) is 9.80 Å². The molecule has 62 heavy (non-hydrogen) atoms. The Morgan fingerprint density at radius 2 is 1.16 bits per heavy atom. The Hall–Kier alpha value is -7.20. The molecular formula is C46H48N14O2. The second kappa shape index (κ2) is 15.7. The van der Waals surface area contributed by atoms with Gasteiger partial charge in [0.2, 0.25) is 0 Å². The quantitative estimate of drug-likeness (QED) is 0.191. The van der Waals surface area contributed by atoms with Crippen molar-refractivity contribution in [1.82, 2.24) is 48.7 Å². The third kappa shape index (κ3) is 6.57. The van der Waals surface area contributed by atoms with Crippen LogP contribution in [0.5, 0.6) is 0 Å². The fourth-order valence-corrected chi connectivity index (χ4v) is 10.6. The van der Waals surface area contributed by atoms with Gasteiger partial charge in [0.25, 0.3) is 11.8 Å². The highest BCUT2D eigenvalue weighted by molar-refractivity contribution is 6.04. The van der Waals surface area contributed by atoms with Crippen LogP contribution in [0.15, 0.2) is 61.2 Å². The van der Waals surface area contributed by atoms with Crippen LogP contribution in [0.1, 0.15) is 76.0 Å². The molecule has 4 aromatic heterocycles. The van der Waals surface area contributed by atoms with E-state index in [1.807, 2.05) is 65.4 Å². The number of benzene rings is 2. The first kappa shape index (κ1) is 39.0. The summed E-state index contributed by atoms with van der Waals surface area (Å²) in [5, 5.41) is 21.0. The number of aromatic nitrogens is 6. The molecule has 4 saturated heterocycles. The maximum absolute atomic E-state index is 14.2. The normalized spacial score (nSPS) is 20.1. The number of anilines is 2. The monoisotopic (exact) mass is 828 g/mol. The van der Waals surface area contributed by atoms with Gasteiger partial charge in [0.15, 0.2) is 12.4 Å². The van der Waals surface area contributed by atoms with Gasteiger partial charge in [0, 0.05) is 111 Å². The highest BCUT2D eigenvalue weighted by Crippen LogP contribution is 2.45. The van der Waals surface area contributed by atoms with Crippen LogP contribution >= 0.6 is 0 Å². The number of carbonyl (C=O) groups excluding carboxylic acids is 2. The van der Waals surface area contributed by atoms with Gasteiger partial charge >= 0.3 is 0 Å². The lowest BCUT2D eigenvalue weighted by molar-refractivity contribution is 0.0781. The van der Waals surface area contributed by atoms with Gasteiger partial charge in [-0.3, -0.25) is 9.59 Å². The Labute approximate surface area is 359 Å². The maximum atomic E-state index is 14.2. The minimum absolute atomic E-state index is 0.0323. The molecular weight excluding hydrogens is 781 g/mol. The average Bonchev–Trinajstić information content (AvgIpc) is 4.17. The highest BCUT2D eigenvalue weighted by atomic mass is 16.2. The number of nitriles is 2. The summed E-state index contributed by atoms with van der Waals surface area (Å²) in [4.78, 5) is 53.0. The molecule has 0 aliphatic carbocycles. The van der Waals surface area contributed by atoms with Crippen molar-refractivity contribution >= 4 is 45.5 Å². The molecule has 2 aromatic carbocycles. The van der Waals surface area contributed by atoms with E-state index in [4.69, 9.17) is 16.5 Å². The minimum Gasteiger partial charge on any atom is -0.383 e. The number of fused-ring (bicyclic) bond motifs is 2. The number of likely N-dealkylation sites (tertiary alicyclic amines) is 4. The van der Waals surface area contributed by atoms with Crippen LogP contribution in [-0.2, 0) is 13.6 Å². The van der Waals surface area contributed by atoms with E-state index in [0.717, 1.165) is 101 Å². The van der Waals surface area contributed by atoms with Crippen molar-refractivity contribution < 1.29 is 9.59 Å². The molecule has 0 radical (unpaired) electrons. The Kier molecular flexibility index (Phi) is 9.86. The number of hydrogen-bond donors (Lipinski definition) is 2. The largest absolute Gasteiger partial charge is 0.383 e. The van der Waals surface area contributed by atoms with Gasteiger partial charge in [-0.15, -0.1) is 0 Å². The molecule has 3 atom stereocenters. The second-order valence-electron chi connectivity index (χ2n) is 17.2. The zero-order chi connectivity index (χ0) is 42.6. The molecule has 10 rings (SSSR count). The molecule has 16 nitrogen and oxygen atoms in total. The van der Waals surface area contributed by atoms with Gasteiger partial charge in [0.1, 0.15) is 35.6 Å². The number of nitrogens with zero attached hydrogens (tertiary/aromatic N) is 12. The number of carbonyl (C=O) groups is 2. The van der Waals surface area contributed by atoms with E-state index >= 15 is 0 Å². The summed E-state index contributed by atoms with van der Waals surface area (Å²) in [6.07, 6.45) is 12.1. The van der Waals surface area contributed by atoms with Crippen LogP contribution in [0.2, 0.25) is 0 Å². The molecule has 8 heterocycles. The van der Waals surface area contributed by atoms with Gasteiger partial charge in [-0.2, -0.15) is 10.5 Å². The Morgan fingerprint density at radius 1 is 0.645 bits per heavy atom. The molecule has 4 N–H and O–H groups in total. The molecule has 0 saturated carbocycles. The van der Waals surface area contributed by atoms with Crippen LogP contribution in [-0.4, -0.2) is 113 Å². The first-order valence-corrected chi connectivity index (χ1v) is 21.5. The van der Waals surface area contributed by atoms with Gasteiger partial charge < -0.3 is 40.2 Å². The van der Waals surface area contributed by atoms with Crippen molar-refractivity contribution in [3.05, 3.63) is 83.7 Å². The van der Waals surface area contributed by atoms with E-state index in [9.17, 15) is 20.1 Å². The molecule has 0 spiro atoms. The lowest BCUT2D eigenvalue weighted by Crippen LogP contribution is -2.29. The third-order valence-electron chi connectivity index (χ3n) is 13.6. The number of hydrogen-bond acceptors (Lipinski definition) is 12. The number of aryl methyl sites for hydroxylation is 1. The van der Waals surface area contributed by atoms with E-state index in [2.05, 4.69) is 36.5 Å². The van der Waals surface area contributed by atoms with Crippen molar-refractivity contribution in [2.24, 2.45) is 13.0 Å². The fourth-order valence-electron chi connectivity index (χ4n) is 10.6. The summed E-state index contributed by atoms with van der Waals surface area (Å²) >= 11 is 0. The van der Waals surface area contributed by atoms with Gasteiger partial charge in [0.05, 0.1) is 10.8 Å². The number of amides is 2. The van der Waals surface area contributed by atoms with E-state index in [1.165, 1.54) is 12.7 Å². The van der Waals surface area contributed by atoms with Crippen LogP contribution < -0.4 is 11.5 Å². The van der Waals surface area contributed by atoms with Crippen molar-refractivity contribution in [3.8, 4) is 34.6 Å². The molecule has 1 unspecified atom stereocenters. The summed E-state index contributed by atoms with van der Waals surface area (Å²) in [5.41, 5.74) is 21.7. The Balaban J connectivity index is 0.938. The second-order valence-corrected chi connectivity index (χ2v) is 17.2. The van der Waals surface area contributed by atoms with Gasteiger partial charge in [-0.05, 0) is 73.4 Å². The van der Waals surface area contributed by atoms with Gasteiger partial charge in [-0.1, -0.05) is 24.3 Å². The van der Waals surface area contributed by atoms with Crippen molar-refractivity contribution in [2.75, 3.05) is 63.8 Å². The molecule has 0 bridgehead atoms. The fraction of sp³-hybridized carbons (Fsp3) is 0.391. The molecule has 2 amide bonds. The third-order valence-corrected chi connectivity index (χ3v) is 13.6. The van der Waals surface area contributed by atoms with Crippen molar-refractivity contribution in [3.63, 3.8) is 0 Å². The van der Waals surface area contributed by atoms with E-state index < -0.39 is 0 Å². The first-order valence-electron chi connectivity index (χ1n) is 21.5. The van der Waals surface area contributed by atoms with E-state index in [0.29, 0.717) is 68.6 Å². The molecule has 4 aliphatic heterocycles. The predicted octanol–water partition coefficient (Wildman–Crippen LogP) is 5.15. The summed E-state index contributed by atoms with van der Waals surface area (Å²) in [5.74, 6) is 1.05. The Morgan fingerprint density at radius 3 is 1.73 bits per heavy atom. The summed E-state index contributed by atoms with van der Waals surface area (Å²) < 4.78 is 4.34. The van der Waals surface area contributed by atoms with Crippen molar-refractivity contribution in [1.29, 1.82) is 10.5 Å².